The summed E-state index contributed by atoms with van der Waals surface area (Å²) in [7, 11) is 0. The van der Waals surface area contributed by atoms with Crippen LogP contribution in [-0.4, -0.2) is 38.3 Å². The maximum Gasteiger partial charge on any atom is 0.337 e. The van der Waals surface area contributed by atoms with Crippen molar-refractivity contribution in [1.29, 1.82) is 0 Å². The van der Waals surface area contributed by atoms with E-state index in [-0.39, 0.29) is 17.7 Å². The summed E-state index contributed by atoms with van der Waals surface area (Å²) in [6, 6.07) is 10.9. The Labute approximate surface area is 147 Å². The molecule has 0 aliphatic heterocycles. The summed E-state index contributed by atoms with van der Waals surface area (Å²) in [5, 5.41) is 35.5. The van der Waals surface area contributed by atoms with E-state index < -0.39 is 23.0 Å². The van der Waals surface area contributed by atoms with Gasteiger partial charge in [-0.15, -0.1) is 5.43 Å². The number of nitrogens with one attached hydrogen (secondary N) is 1. The van der Waals surface area contributed by atoms with Crippen LogP contribution in [-0.2, 0) is 11.2 Å². The highest BCUT2D eigenvalue weighted by Gasteiger charge is 2.22. The first-order valence-corrected chi connectivity index (χ1v) is 7.19. The van der Waals surface area contributed by atoms with Crippen LogP contribution in [0.4, 0.5) is 5.69 Å². The second-order valence-electron chi connectivity index (χ2n) is 5.04. The molecule has 0 heterocycles. The van der Waals surface area contributed by atoms with E-state index in [0.29, 0.717) is 11.3 Å². The average molecular weight is 363 g/mol. The highest BCUT2D eigenvalue weighted by atomic mass is 16.7. The fourth-order valence-electron chi connectivity index (χ4n) is 1.87. The number of aromatic hydroxyl groups is 1. The van der Waals surface area contributed by atoms with Gasteiger partial charge >= 0.3 is 11.9 Å². The van der Waals surface area contributed by atoms with Crippen LogP contribution in [0.25, 0.3) is 0 Å². The standard InChI is InChI=1S/C9H10N2O5.C7H7NO2/c12-7-3-1-6(2-4-7)5-8(9(13)14)10-11(15)16;8-6-4-2-1-3-5(6)7(9)10/h1-4,8,10,12H,5H2,(H,13,14);1-4H,8H2,(H,9,10)/t8-;/m0./s1. The molecule has 138 valence electrons. The fourth-order valence-corrected chi connectivity index (χ4v) is 1.87. The molecule has 0 spiro atoms. The molecule has 0 radical (unpaired) electrons. The molecule has 2 aromatic rings. The van der Waals surface area contributed by atoms with E-state index in [1.54, 1.807) is 23.6 Å². The average Bonchev–Trinajstić information content (AvgIpc) is 2.56. The molecule has 0 fully saturated rings. The topological polar surface area (TPSA) is 176 Å². The lowest BCUT2D eigenvalue weighted by atomic mass is 10.1. The fraction of sp³-hybridized carbons (Fsp3) is 0.125. The molecular formula is C16H17N3O7. The van der Waals surface area contributed by atoms with Gasteiger partial charge in [-0.05, 0) is 29.8 Å². The lowest BCUT2D eigenvalue weighted by molar-refractivity contribution is -0.548. The number of nitrogens with two attached hydrogens (primary N) is 1. The number of aromatic carboxylic acids is 1. The molecule has 10 nitrogen and oxygen atoms in total. The number of carboxylic acid groups (broad SMARTS) is 2. The molecule has 0 aromatic heterocycles. The van der Waals surface area contributed by atoms with Gasteiger partial charge in [-0.3, -0.25) is 0 Å². The van der Waals surface area contributed by atoms with Gasteiger partial charge in [0.05, 0.1) is 5.56 Å². The van der Waals surface area contributed by atoms with Gasteiger partial charge in [0.15, 0.2) is 11.1 Å². The predicted octanol–water partition coefficient (Wildman–Crippen LogP) is 1.14. The summed E-state index contributed by atoms with van der Waals surface area (Å²) in [5.74, 6) is -2.24. The maximum atomic E-state index is 10.7. The van der Waals surface area contributed by atoms with Gasteiger partial charge in [0.25, 0.3) is 0 Å². The first-order chi connectivity index (χ1) is 12.2. The van der Waals surface area contributed by atoms with Crippen LogP contribution in [0.15, 0.2) is 48.5 Å². The normalized spacial score (nSPS) is 10.8. The van der Waals surface area contributed by atoms with Crippen molar-refractivity contribution in [1.82, 2.24) is 5.43 Å². The number of hydrogen-bond acceptors (Lipinski definition) is 6. The van der Waals surface area contributed by atoms with Crippen molar-refractivity contribution in [2.75, 3.05) is 5.73 Å². The van der Waals surface area contributed by atoms with Gasteiger partial charge in [-0.2, -0.15) is 0 Å². The largest absolute Gasteiger partial charge is 0.508 e. The number of nitro groups is 1. The third-order valence-electron chi connectivity index (χ3n) is 3.13. The number of hydrazine groups is 1. The number of phenols is 1. The summed E-state index contributed by atoms with van der Waals surface area (Å²) in [4.78, 5) is 31.2. The number of carbonyl (C=O) groups is 2. The molecule has 2 rings (SSSR count). The summed E-state index contributed by atoms with van der Waals surface area (Å²) < 4.78 is 0. The monoisotopic (exact) mass is 363 g/mol. The van der Waals surface area contributed by atoms with E-state index >= 15 is 0 Å². The first-order valence-electron chi connectivity index (χ1n) is 7.19. The number of nitrogen functional groups attached to an aromatic ring is 1. The molecule has 10 heteroatoms. The van der Waals surface area contributed by atoms with E-state index in [9.17, 15) is 19.7 Å². The summed E-state index contributed by atoms with van der Waals surface area (Å²) in [6.07, 6.45) is -0.0312. The minimum absolute atomic E-state index is 0.0312. The van der Waals surface area contributed by atoms with Crippen molar-refractivity contribution < 1.29 is 29.9 Å². The molecule has 0 aliphatic carbocycles. The zero-order valence-electron chi connectivity index (χ0n) is 13.4. The van der Waals surface area contributed by atoms with Crippen molar-refractivity contribution in [3.05, 3.63) is 69.8 Å². The van der Waals surface area contributed by atoms with E-state index in [4.69, 9.17) is 21.1 Å². The van der Waals surface area contributed by atoms with Crippen LogP contribution < -0.4 is 11.2 Å². The third kappa shape index (κ3) is 6.74. The summed E-state index contributed by atoms with van der Waals surface area (Å²) >= 11 is 0. The summed E-state index contributed by atoms with van der Waals surface area (Å²) in [6.45, 7) is 0. The lowest BCUT2D eigenvalue weighted by Gasteiger charge is -2.08. The van der Waals surface area contributed by atoms with E-state index in [2.05, 4.69) is 0 Å². The van der Waals surface area contributed by atoms with Gasteiger partial charge in [0.2, 0.25) is 0 Å². The minimum atomic E-state index is -1.30. The van der Waals surface area contributed by atoms with E-state index in [0.717, 1.165) is 0 Å². The second-order valence-corrected chi connectivity index (χ2v) is 5.04. The van der Waals surface area contributed by atoms with Crippen LogP contribution in [0.2, 0.25) is 0 Å². The molecule has 0 bridgehead atoms. The Morgan fingerprint density at radius 2 is 1.69 bits per heavy atom. The molecule has 26 heavy (non-hydrogen) atoms. The maximum absolute atomic E-state index is 10.7. The number of rotatable bonds is 6. The van der Waals surface area contributed by atoms with Crippen LogP contribution in [0.3, 0.4) is 0 Å². The molecule has 0 unspecified atom stereocenters. The Kier molecular flexibility index (Phi) is 7.37. The number of benzene rings is 2. The molecule has 2 aromatic carbocycles. The number of phenolic OH excluding ortho intramolecular Hbond substituents is 1. The van der Waals surface area contributed by atoms with Crippen LogP contribution in [0.1, 0.15) is 15.9 Å². The van der Waals surface area contributed by atoms with Crippen LogP contribution in [0, 0.1) is 10.1 Å². The Morgan fingerprint density at radius 3 is 2.12 bits per heavy atom. The van der Waals surface area contributed by atoms with E-state index in [1.165, 1.54) is 30.3 Å². The quantitative estimate of drug-likeness (QED) is 0.286. The Hall–Kier alpha value is -3.82. The number of hydrogen-bond donors (Lipinski definition) is 5. The van der Waals surface area contributed by atoms with Crippen molar-refractivity contribution >= 4 is 17.6 Å². The van der Waals surface area contributed by atoms with Crippen molar-refractivity contribution in [3.63, 3.8) is 0 Å². The first kappa shape index (κ1) is 20.2. The molecule has 0 saturated heterocycles. The predicted molar refractivity (Wildman–Crippen MR) is 91.2 cm³/mol. The van der Waals surface area contributed by atoms with Crippen LogP contribution >= 0.6 is 0 Å². The van der Waals surface area contributed by atoms with Crippen molar-refractivity contribution in [2.24, 2.45) is 0 Å². The lowest BCUT2D eigenvalue weighted by Crippen LogP contribution is -2.41. The zero-order valence-corrected chi connectivity index (χ0v) is 13.4. The number of aliphatic carboxylic acids is 1. The van der Waals surface area contributed by atoms with Crippen molar-refractivity contribution in [2.45, 2.75) is 12.5 Å². The second kappa shape index (κ2) is 9.47. The number of carboxylic acids is 2. The molecule has 0 saturated carbocycles. The SMILES string of the molecule is Nc1ccccc1C(=O)O.O=C(O)[C@H](Cc1ccc(O)cc1)N[N+](=O)[O-]. The minimum Gasteiger partial charge on any atom is -0.508 e. The number of para-hydroxylation sites is 1. The van der Waals surface area contributed by atoms with Gasteiger partial charge in [0, 0.05) is 12.1 Å². The van der Waals surface area contributed by atoms with Crippen LogP contribution in [0.5, 0.6) is 5.75 Å². The molecule has 1 atom stereocenters. The third-order valence-corrected chi connectivity index (χ3v) is 3.13. The van der Waals surface area contributed by atoms with Gasteiger partial charge in [-0.25, -0.2) is 19.7 Å². The highest BCUT2D eigenvalue weighted by molar-refractivity contribution is 5.93. The Balaban J connectivity index is 0.000000289. The van der Waals surface area contributed by atoms with Gasteiger partial charge in [0.1, 0.15) is 5.75 Å². The Morgan fingerprint density at radius 1 is 1.12 bits per heavy atom. The molecular weight excluding hydrogens is 346 g/mol. The van der Waals surface area contributed by atoms with Gasteiger partial charge < -0.3 is 21.1 Å². The molecule has 0 aliphatic rings. The zero-order chi connectivity index (χ0) is 19.7. The highest BCUT2D eigenvalue weighted by Crippen LogP contribution is 2.11. The smallest absolute Gasteiger partial charge is 0.337 e. The number of anilines is 1. The Bertz CT molecular complexity index is 778. The molecule has 0 amide bonds. The van der Waals surface area contributed by atoms with E-state index in [1.807, 2.05) is 0 Å². The van der Waals surface area contributed by atoms with Gasteiger partial charge in [-0.1, -0.05) is 24.3 Å². The summed E-state index contributed by atoms with van der Waals surface area (Å²) in [5.41, 5.74) is 8.08. The van der Waals surface area contributed by atoms with Crippen molar-refractivity contribution in [3.8, 4) is 5.75 Å². The molecule has 6 N–H and O–H groups in total. The number of nitrogens with zero attached hydrogens (tertiary/aromatic N) is 1.